The van der Waals surface area contributed by atoms with Crippen LogP contribution in [0.4, 0.5) is 0 Å². The number of hydrogen-bond acceptors (Lipinski definition) is 5. The second kappa shape index (κ2) is 6.76. The second-order valence-electron chi connectivity index (χ2n) is 4.25. The number of benzene rings is 2. The van der Waals surface area contributed by atoms with E-state index in [4.69, 9.17) is 9.47 Å². The van der Waals surface area contributed by atoms with Gasteiger partial charge in [-0.15, -0.1) is 0 Å². The number of carbonyl (C=O) groups excluding carboxylic acids is 1. The molecule has 0 fully saturated rings. The summed E-state index contributed by atoms with van der Waals surface area (Å²) in [5.74, 6) is 1.19. The van der Waals surface area contributed by atoms with Crippen molar-refractivity contribution in [3.05, 3.63) is 53.6 Å². The highest BCUT2D eigenvalue weighted by molar-refractivity contribution is 5.89. The van der Waals surface area contributed by atoms with Gasteiger partial charge in [-0.05, 0) is 36.4 Å². The van der Waals surface area contributed by atoms with Crippen LogP contribution in [0.3, 0.4) is 0 Å². The van der Waals surface area contributed by atoms with Crippen molar-refractivity contribution in [2.45, 2.75) is 6.61 Å². The van der Waals surface area contributed by atoms with Crippen LogP contribution in [-0.4, -0.2) is 25.3 Å². The van der Waals surface area contributed by atoms with E-state index in [-0.39, 0.29) is 6.61 Å². The van der Waals surface area contributed by atoms with Crippen LogP contribution in [0.25, 0.3) is 0 Å². The average molecular weight is 288 g/mol. The molecule has 21 heavy (non-hydrogen) atoms. The van der Waals surface area contributed by atoms with Crippen molar-refractivity contribution < 1.29 is 24.1 Å². The van der Waals surface area contributed by atoms with Crippen LogP contribution in [0.2, 0.25) is 0 Å². The highest BCUT2D eigenvalue weighted by Crippen LogP contribution is 2.29. The number of carbonyl (C=O) groups is 1. The SMILES string of the molecule is COC(=O)c1cccc(Oc2ccc(OC)cc2CO)c1. The topological polar surface area (TPSA) is 65.0 Å². The standard InChI is InChI=1S/C16H16O5/c1-19-13-6-7-15(12(9-13)10-17)21-14-5-3-4-11(8-14)16(18)20-2/h3-9,17H,10H2,1-2H3. The molecule has 5 heteroatoms. The third kappa shape index (κ3) is 3.52. The monoisotopic (exact) mass is 288 g/mol. The molecule has 0 radical (unpaired) electrons. The lowest BCUT2D eigenvalue weighted by molar-refractivity contribution is 0.0600. The Morgan fingerprint density at radius 3 is 2.57 bits per heavy atom. The van der Waals surface area contributed by atoms with Crippen LogP contribution in [0.5, 0.6) is 17.2 Å². The largest absolute Gasteiger partial charge is 0.497 e. The number of esters is 1. The summed E-state index contributed by atoms with van der Waals surface area (Å²) in [6.45, 7) is -0.177. The Bertz CT molecular complexity index is 636. The van der Waals surface area contributed by atoms with Gasteiger partial charge < -0.3 is 19.3 Å². The molecule has 0 bridgehead atoms. The lowest BCUT2D eigenvalue weighted by atomic mass is 10.2. The van der Waals surface area contributed by atoms with Crippen molar-refractivity contribution in [1.29, 1.82) is 0 Å². The maximum absolute atomic E-state index is 11.5. The smallest absolute Gasteiger partial charge is 0.337 e. The minimum atomic E-state index is -0.433. The fourth-order valence-electron chi connectivity index (χ4n) is 1.84. The molecule has 0 saturated heterocycles. The molecule has 0 aromatic heterocycles. The predicted octanol–water partition coefficient (Wildman–Crippen LogP) is 2.77. The summed E-state index contributed by atoms with van der Waals surface area (Å²) >= 11 is 0. The molecule has 5 nitrogen and oxygen atoms in total. The molecule has 0 aliphatic rings. The van der Waals surface area contributed by atoms with Crippen LogP contribution in [0, 0.1) is 0 Å². The summed E-state index contributed by atoms with van der Waals surface area (Å²) < 4.78 is 15.5. The zero-order chi connectivity index (χ0) is 15.2. The first-order chi connectivity index (χ1) is 10.2. The lowest BCUT2D eigenvalue weighted by Crippen LogP contribution is -2.01. The van der Waals surface area contributed by atoms with Crippen molar-refractivity contribution in [2.75, 3.05) is 14.2 Å². The Morgan fingerprint density at radius 1 is 1.10 bits per heavy atom. The van der Waals surface area contributed by atoms with Gasteiger partial charge in [0, 0.05) is 5.56 Å². The minimum Gasteiger partial charge on any atom is -0.497 e. The fraction of sp³-hybridized carbons (Fsp3) is 0.188. The molecule has 0 spiro atoms. The summed E-state index contributed by atoms with van der Waals surface area (Å²) in [6, 6.07) is 11.8. The van der Waals surface area contributed by atoms with Gasteiger partial charge in [-0.2, -0.15) is 0 Å². The summed E-state index contributed by atoms with van der Waals surface area (Å²) in [6.07, 6.45) is 0. The summed E-state index contributed by atoms with van der Waals surface area (Å²) in [4.78, 5) is 11.5. The number of methoxy groups -OCH3 is 2. The highest BCUT2D eigenvalue weighted by atomic mass is 16.5. The van der Waals surface area contributed by atoms with Crippen LogP contribution < -0.4 is 9.47 Å². The van der Waals surface area contributed by atoms with Crippen molar-refractivity contribution in [3.8, 4) is 17.2 Å². The summed E-state index contributed by atoms with van der Waals surface area (Å²) in [5, 5.41) is 9.39. The van der Waals surface area contributed by atoms with E-state index in [0.29, 0.717) is 28.4 Å². The third-order valence-electron chi connectivity index (χ3n) is 2.92. The molecule has 0 heterocycles. The van der Waals surface area contributed by atoms with E-state index in [2.05, 4.69) is 4.74 Å². The first-order valence-corrected chi connectivity index (χ1v) is 6.32. The third-order valence-corrected chi connectivity index (χ3v) is 2.92. The van der Waals surface area contributed by atoms with Gasteiger partial charge in [0.05, 0.1) is 26.4 Å². The molecule has 2 rings (SSSR count). The fourth-order valence-corrected chi connectivity index (χ4v) is 1.84. The van der Waals surface area contributed by atoms with Gasteiger partial charge in [-0.3, -0.25) is 0 Å². The van der Waals surface area contributed by atoms with Crippen LogP contribution in [-0.2, 0) is 11.3 Å². The van der Waals surface area contributed by atoms with Crippen molar-refractivity contribution in [1.82, 2.24) is 0 Å². The first kappa shape index (κ1) is 14.9. The van der Waals surface area contributed by atoms with E-state index in [1.54, 1.807) is 49.6 Å². The first-order valence-electron chi connectivity index (χ1n) is 6.32. The van der Waals surface area contributed by atoms with Gasteiger partial charge in [-0.1, -0.05) is 6.07 Å². The number of hydrogen-bond donors (Lipinski definition) is 1. The normalized spacial score (nSPS) is 10.0. The van der Waals surface area contributed by atoms with Crippen LogP contribution in [0.1, 0.15) is 15.9 Å². The van der Waals surface area contributed by atoms with E-state index in [1.807, 2.05) is 0 Å². The van der Waals surface area contributed by atoms with Gasteiger partial charge in [-0.25, -0.2) is 4.79 Å². The molecule has 0 aliphatic carbocycles. The molecule has 0 aliphatic heterocycles. The van der Waals surface area contributed by atoms with E-state index < -0.39 is 5.97 Å². The number of ether oxygens (including phenoxy) is 3. The molecule has 0 unspecified atom stereocenters. The van der Waals surface area contributed by atoms with E-state index in [1.165, 1.54) is 7.11 Å². The quantitative estimate of drug-likeness (QED) is 0.857. The predicted molar refractivity (Wildman–Crippen MR) is 76.8 cm³/mol. The van der Waals surface area contributed by atoms with Crippen LogP contribution in [0.15, 0.2) is 42.5 Å². The molecule has 2 aromatic rings. The van der Waals surface area contributed by atoms with Crippen molar-refractivity contribution >= 4 is 5.97 Å². The minimum absolute atomic E-state index is 0.177. The van der Waals surface area contributed by atoms with E-state index in [9.17, 15) is 9.90 Å². The van der Waals surface area contributed by atoms with Gasteiger partial charge in [0.2, 0.25) is 0 Å². The van der Waals surface area contributed by atoms with Crippen molar-refractivity contribution in [2.24, 2.45) is 0 Å². The van der Waals surface area contributed by atoms with Crippen LogP contribution >= 0.6 is 0 Å². The Labute approximate surface area is 122 Å². The number of rotatable bonds is 5. The van der Waals surface area contributed by atoms with Gasteiger partial charge >= 0.3 is 5.97 Å². The zero-order valence-corrected chi connectivity index (χ0v) is 11.8. The summed E-state index contributed by atoms with van der Waals surface area (Å²) in [5.41, 5.74) is 0.992. The lowest BCUT2D eigenvalue weighted by Gasteiger charge is -2.11. The van der Waals surface area contributed by atoms with Crippen molar-refractivity contribution in [3.63, 3.8) is 0 Å². The van der Waals surface area contributed by atoms with Gasteiger partial charge in [0.1, 0.15) is 17.2 Å². The molecule has 0 amide bonds. The molecule has 0 atom stereocenters. The molecule has 1 N–H and O–H groups in total. The average Bonchev–Trinajstić information content (AvgIpc) is 2.54. The Hall–Kier alpha value is -2.53. The Balaban J connectivity index is 2.27. The molecule has 110 valence electrons. The summed E-state index contributed by atoms with van der Waals surface area (Å²) in [7, 11) is 2.88. The highest BCUT2D eigenvalue weighted by Gasteiger charge is 2.09. The van der Waals surface area contributed by atoms with E-state index >= 15 is 0 Å². The van der Waals surface area contributed by atoms with E-state index in [0.717, 1.165) is 0 Å². The number of aliphatic hydroxyl groups is 1. The molecule has 2 aromatic carbocycles. The maximum Gasteiger partial charge on any atom is 0.337 e. The second-order valence-corrected chi connectivity index (χ2v) is 4.25. The molecule has 0 saturated carbocycles. The Morgan fingerprint density at radius 2 is 1.90 bits per heavy atom. The Kier molecular flexibility index (Phi) is 4.79. The van der Waals surface area contributed by atoms with Gasteiger partial charge in [0.25, 0.3) is 0 Å². The molecular weight excluding hydrogens is 272 g/mol. The zero-order valence-electron chi connectivity index (χ0n) is 11.8. The van der Waals surface area contributed by atoms with Gasteiger partial charge in [0.15, 0.2) is 0 Å². The molecular formula is C16H16O5. The number of aliphatic hydroxyl groups excluding tert-OH is 1. The maximum atomic E-state index is 11.5.